The summed E-state index contributed by atoms with van der Waals surface area (Å²) in [5.74, 6) is 0.550. The van der Waals surface area contributed by atoms with Crippen LogP contribution in [0, 0.1) is 0 Å². The first-order chi connectivity index (χ1) is 13.2. The van der Waals surface area contributed by atoms with E-state index in [1.165, 1.54) is 0 Å². The smallest absolute Gasteiger partial charge is 0.257 e. The summed E-state index contributed by atoms with van der Waals surface area (Å²) in [5, 5.41) is 8.02. The Bertz CT molecular complexity index is 932. The Labute approximate surface area is 156 Å². The topological polar surface area (TPSA) is 80.6 Å². The highest BCUT2D eigenvalue weighted by Crippen LogP contribution is 2.31. The zero-order valence-corrected chi connectivity index (χ0v) is 14.9. The predicted molar refractivity (Wildman–Crippen MR) is 98.4 cm³/mol. The Morgan fingerprint density at radius 2 is 2.19 bits per heavy atom. The fourth-order valence-electron chi connectivity index (χ4n) is 4.00. The van der Waals surface area contributed by atoms with Crippen LogP contribution in [-0.2, 0) is 9.47 Å². The molecule has 0 saturated carbocycles. The Balaban J connectivity index is 1.43. The quantitative estimate of drug-likeness (QED) is 0.753. The summed E-state index contributed by atoms with van der Waals surface area (Å²) in [4.78, 5) is 15.1. The first-order valence-corrected chi connectivity index (χ1v) is 9.27. The molecular weight excluding hydrogens is 346 g/mol. The van der Waals surface area contributed by atoms with Crippen molar-refractivity contribution in [2.45, 2.75) is 18.4 Å². The van der Waals surface area contributed by atoms with Gasteiger partial charge in [-0.05, 0) is 25.0 Å². The van der Waals surface area contributed by atoms with Crippen LogP contribution in [0.5, 0.6) is 0 Å². The standard InChI is InChI=1S/C20H21N3O4/c24-19(23-7-9-26-20(12-23)6-3-8-25-13-20)15-11-21-22-18(15)17-10-14-4-1-2-5-16(14)27-17/h1-2,4-5,10-11H,3,6-9,12-13H2,(H,21,22). The average Bonchev–Trinajstić information content (AvgIpc) is 3.34. The number of aromatic nitrogens is 2. The number of nitrogens with one attached hydrogen (secondary N) is 1. The first kappa shape index (κ1) is 16.5. The van der Waals surface area contributed by atoms with Crippen LogP contribution in [0.25, 0.3) is 22.4 Å². The lowest BCUT2D eigenvalue weighted by Crippen LogP contribution is -2.57. The first-order valence-electron chi connectivity index (χ1n) is 9.27. The van der Waals surface area contributed by atoms with Gasteiger partial charge in [-0.1, -0.05) is 18.2 Å². The van der Waals surface area contributed by atoms with E-state index in [2.05, 4.69) is 10.2 Å². The zero-order chi connectivity index (χ0) is 18.3. The Morgan fingerprint density at radius 1 is 1.26 bits per heavy atom. The number of ether oxygens (including phenoxy) is 2. The number of carbonyl (C=O) groups is 1. The number of morpholine rings is 1. The normalized spacial score (nSPS) is 23.2. The van der Waals surface area contributed by atoms with Crippen molar-refractivity contribution in [1.29, 1.82) is 0 Å². The van der Waals surface area contributed by atoms with Crippen LogP contribution in [0.1, 0.15) is 23.2 Å². The molecule has 2 aromatic heterocycles. The van der Waals surface area contributed by atoms with Gasteiger partial charge in [0.05, 0.1) is 31.5 Å². The number of aromatic amines is 1. The molecular formula is C20H21N3O4. The van der Waals surface area contributed by atoms with E-state index in [0.29, 0.717) is 43.3 Å². The number of hydrogen-bond donors (Lipinski definition) is 1. The maximum absolute atomic E-state index is 13.2. The molecule has 1 atom stereocenters. The summed E-state index contributed by atoms with van der Waals surface area (Å²) in [6.45, 7) is 2.92. The molecule has 0 radical (unpaired) electrons. The van der Waals surface area contributed by atoms with Crippen molar-refractivity contribution in [3.8, 4) is 11.5 Å². The van der Waals surface area contributed by atoms with Crippen LogP contribution in [0.2, 0.25) is 0 Å². The van der Waals surface area contributed by atoms with Crippen molar-refractivity contribution < 1.29 is 18.7 Å². The summed E-state index contributed by atoms with van der Waals surface area (Å²) in [5.41, 5.74) is 1.53. The molecule has 0 aliphatic carbocycles. The molecule has 2 saturated heterocycles. The monoisotopic (exact) mass is 367 g/mol. The number of hydrogen-bond acceptors (Lipinski definition) is 5. The van der Waals surface area contributed by atoms with E-state index in [9.17, 15) is 4.79 Å². The fraction of sp³-hybridized carbons (Fsp3) is 0.400. The third-order valence-electron chi connectivity index (χ3n) is 5.36. The SMILES string of the molecule is O=C(c1cn[nH]c1-c1cc2ccccc2o1)N1CCOC2(CCCOC2)C1. The van der Waals surface area contributed by atoms with Gasteiger partial charge in [-0.3, -0.25) is 9.89 Å². The van der Waals surface area contributed by atoms with Crippen LogP contribution in [0.15, 0.2) is 40.9 Å². The highest BCUT2D eigenvalue weighted by atomic mass is 16.5. The van der Waals surface area contributed by atoms with E-state index in [4.69, 9.17) is 13.9 Å². The van der Waals surface area contributed by atoms with Gasteiger partial charge in [0.25, 0.3) is 5.91 Å². The third-order valence-corrected chi connectivity index (χ3v) is 5.36. The second-order valence-corrected chi connectivity index (χ2v) is 7.22. The van der Waals surface area contributed by atoms with Gasteiger partial charge in [-0.25, -0.2) is 0 Å². The minimum Gasteiger partial charge on any atom is -0.454 e. The van der Waals surface area contributed by atoms with Crippen molar-refractivity contribution in [2.24, 2.45) is 0 Å². The number of carbonyl (C=O) groups excluding carboxylic acids is 1. The molecule has 1 unspecified atom stereocenters. The molecule has 2 fully saturated rings. The highest BCUT2D eigenvalue weighted by molar-refractivity contribution is 6.00. The summed E-state index contributed by atoms with van der Waals surface area (Å²) < 4.78 is 17.5. The van der Waals surface area contributed by atoms with Crippen LogP contribution in [0.3, 0.4) is 0 Å². The number of rotatable bonds is 2. The van der Waals surface area contributed by atoms with E-state index in [-0.39, 0.29) is 11.5 Å². The van der Waals surface area contributed by atoms with Gasteiger partial charge in [-0.2, -0.15) is 5.10 Å². The van der Waals surface area contributed by atoms with E-state index < -0.39 is 0 Å². The van der Waals surface area contributed by atoms with E-state index in [1.54, 1.807) is 6.20 Å². The van der Waals surface area contributed by atoms with Gasteiger partial charge in [-0.15, -0.1) is 0 Å². The molecule has 7 heteroatoms. The summed E-state index contributed by atoms with van der Waals surface area (Å²) in [7, 11) is 0. The molecule has 2 aliphatic rings. The number of H-pyrrole nitrogens is 1. The van der Waals surface area contributed by atoms with Gasteiger partial charge >= 0.3 is 0 Å². The molecule has 3 aromatic rings. The molecule has 140 valence electrons. The molecule has 5 rings (SSSR count). The van der Waals surface area contributed by atoms with Crippen molar-refractivity contribution in [1.82, 2.24) is 15.1 Å². The molecule has 1 aromatic carbocycles. The number of furan rings is 1. The second-order valence-electron chi connectivity index (χ2n) is 7.22. The fourth-order valence-corrected chi connectivity index (χ4v) is 4.00. The number of benzene rings is 1. The average molecular weight is 367 g/mol. The summed E-state index contributed by atoms with van der Waals surface area (Å²) >= 11 is 0. The lowest BCUT2D eigenvalue weighted by molar-refractivity contribution is -0.160. The van der Waals surface area contributed by atoms with Crippen LogP contribution in [-0.4, -0.2) is 59.5 Å². The minimum absolute atomic E-state index is 0.0625. The van der Waals surface area contributed by atoms with E-state index in [1.807, 2.05) is 35.2 Å². The molecule has 27 heavy (non-hydrogen) atoms. The Kier molecular flexibility index (Phi) is 3.98. The second kappa shape index (κ2) is 6.51. The third kappa shape index (κ3) is 2.93. The van der Waals surface area contributed by atoms with Crippen molar-refractivity contribution in [3.05, 3.63) is 42.1 Å². The van der Waals surface area contributed by atoms with Crippen molar-refractivity contribution in [2.75, 3.05) is 32.9 Å². The van der Waals surface area contributed by atoms with Crippen molar-refractivity contribution in [3.63, 3.8) is 0 Å². The number of nitrogens with zero attached hydrogens (tertiary/aromatic N) is 2. The van der Waals surface area contributed by atoms with Crippen LogP contribution >= 0.6 is 0 Å². The van der Waals surface area contributed by atoms with Crippen molar-refractivity contribution >= 4 is 16.9 Å². The van der Waals surface area contributed by atoms with Crippen LogP contribution < -0.4 is 0 Å². The number of amides is 1. The van der Waals surface area contributed by atoms with E-state index in [0.717, 1.165) is 30.4 Å². The Hall–Kier alpha value is -2.64. The molecule has 0 bridgehead atoms. The number of fused-ring (bicyclic) bond motifs is 1. The summed E-state index contributed by atoms with van der Waals surface area (Å²) in [6, 6.07) is 9.70. The van der Waals surface area contributed by atoms with Gasteiger partial charge < -0.3 is 18.8 Å². The van der Waals surface area contributed by atoms with Gasteiger partial charge in [0.1, 0.15) is 16.9 Å². The molecule has 7 nitrogen and oxygen atoms in total. The van der Waals surface area contributed by atoms with E-state index >= 15 is 0 Å². The highest BCUT2D eigenvalue weighted by Gasteiger charge is 2.40. The maximum Gasteiger partial charge on any atom is 0.257 e. The Morgan fingerprint density at radius 3 is 3.04 bits per heavy atom. The molecule has 1 spiro atoms. The lowest BCUT2D eigenvalue weighted by Gasteiger charge is -2.44. The van der Waals surface area contributed by atoms with Gasteiger partial charge in [0.2, 0.25) is 0 Å². The lowest BCUT2D eigenvalue weighted by atomic mass is 9.94. The van der Waals surface area contributed by atoms with Crippen LogP contribution in [0.4, 0.5) is 0 Å². The molecule has 2 aliphatic heterocycles. The molecule has 1 amide bonds. The number of para-hydroxylation sites is 1. The van der Waals surface area contributed by atoms with Gasteiger partial charge in [0, 0.05) is 18.5 Å². The largest absolute Gasteiger partial charge is 0.454 e. The molecule has 4 heterocycles. The predicted octanol–water partition coefficient (Wildman–Crippen LogP) is 2.84. The zero-order valence-electron chi connectivity index (χ0n) is 14.9. The van der Waals surface area contributed by atoms with Gasteiger partial charge in [0.15, 0.2) is 5.76 Å². The minimum atomic E-state index is -0.380. The maximum atomic E-state index is 13.2. The summed E-state index contributed by atoms with van der Waals surface area (Å²) in [6.07, 6.45) is 3.45. The molecule has 1 N–H and O–H groups in total.